The third-order valence-corrected chi connectivity index (χ3v) is 3.54. The number of benzene rings is 1. The van der Waals surface area contributed by atoms with Crippen LogP contribution in [0, 0.1) is 11.3 Å². The van der Waals surface area contributed by atoms with Gasteiger partial charge in [0, 0.05) is 6.20 Å². The van der Waals surface area contributed by atoms with E-state index >= 15 is 0 Å². The Hall–Kier alpha value is -2.53. The quantitative estimate of drug-likeness (QED) is 0.851. The average Bonchev–Trinajstić information content (AvgIpc) is 2.92. The standard InChI is InChI=1S/C11H10N4O3S/c12-5-6-18-11-4-2-1-3-10(11)15-19(16,17)9-7-13-14-8-9/h1-4,7-8,15H,6H2,(H,13,14). The van der Waals surface area contributed by atoms with Gasteiger partial charge in [-0.1, -0.05) is 12.1 Å². The van der Waals surface area contributed by atoms with Crippen molar-refractivity contribution in [2.75, 3.05) is 11.3 Å². The normalized spacial score (nSPS) is 10.7. The van der Waals surface area contributed by atoms with E-state index in [1.807, 2.05) is 6.07 Å². The van der Waals surface area contributed by atoms with Crippen LogP contribution in [0.3, 0.4) is 0 Å². The van der Waals surface area contributed by atoms with Crippen molar-refractivity contribution >= 4 is 15.7 Å². The summed E-state index contributed by atoms with van der Waals surface area (Å²) >= 11 is 0. The Kier molecular flexibility index (Phi) is 3.68. The number of nitrogens with zero attached hydrogens (tertiary/aromatic N) is 2. The van der Waals surface area contributed by atoms with Crippen molar-refractivity contribution in [2.24, 2.45) is 0 Å². The van der Waals surface area contributed by atoms with Gasteiger partial charge >= 0.3 is 0 Å². The van der Waals surface area contributed by atoms with Crippen LogP contribution in [0.2, 0.25) is 0 Å². The highest BCUT2D eigenvalue weighted by Crippen LogP contribution is 2.26. The fraction of sp³-hybridized carbons (Fsp3) is 0.0909. The monoisotopic (exact) mass is 278 g/mol. The van der Waals surface area contributed by atoms with E-state index in [9.17, 15) is 8.42 Å². The van der Waals surface area contributed by atoms with Gasteiger partial charge in [0.15, 0.2) is 6.61 Å². The summed E-state index contributed by atoms with van der Waals surface area (Å²) in [5.74, 6) is 0.288. The number of aromatic amines is 1. The maximum absolute atomic E-state index is 12.0. The lowest BCUT2D eigenvalue weighted by Gasteiger charge is -2.10. The van der Waals surface area contributed by atoms with E-state index in [2.05, 4.69) is 14.9 Å². The molecule has 0 amide bonds. The minimum atomic E-state index is -3.72. The van der Waals surface area contributed by atoms with Gasteiger partial charge in [-0.15, -0.1) is 0 Å². The van der Waals surface area contributed by atoms with E-state index in [0.717, 1.165) is 0 Å². The number of hydrogen-bond acceptors (Lipinski definition) is 5. The van der Waals surface area contributed by atoms with Gasteiger partial charge in [-0.05, 0) is 12.1 Å². The molecule has 0 fully saturated rings. The Morgan fingerprint density at radius 1 is 1.42 bits per heavy atom. The number of anilines is 1. The van der Waals surface area contributed by atoms with Gasteiger partial charge in [0.2, 0.25) is 0 Å². The molecule has 2 aromatic rings. The van der Waals surface area contributed by atoms with Crippen molar-refractivity contribution in [1.29, 1.82) is 5.26 Å². The Morgan fingerprint density at radius 2 is 2.21 bits per heavy atom. The smallest absolute Gasteiger partial charge is 0.265 e. The first kappa shape index (κ1) is 12.9. The lowest BCUT2D eigenvalue weighted by molar-refractivity contribution is 0.370. The van der Waals surface area contributed by atoms with E-state index in [0.29, 0.717) is 0 Å². The van der Waals surface area contributed by atoms with E-state index in [1.165, 1.54) is 12.4 Å². The number of hydrogen-bond donors (Lipinski definition) is 2. The van der Waals surface area contributed by atoms with E-state index in [-0.39, 0.29) is 22.9 Å². The van der Waals surface area contributed by atoms with Crippen LogP contribution >= 0.6 is 0 Å². The molecule has 0 spiro atoms. The fourth-order valence-corrected chi connectivity index (χ4v) is 2.35. The SMILES string of the molecule is N#CCOc1ccccc1NS(=O)(=O)c1cn[nH]c1. The zero-order valence-electron chi connectivity index (χ0n) is 9.70. The van der Waals surface area contributed by atoms with Crippen LogP contribution in [0.15, 0.2) is 41.6 Å². The summed E-state index contributed by atoms with van der Waals surface area (Å²) in [6.45, 7) is -0.162. The minimum Gasteiger partial charge on any atom is -0.477 e. The zero-order valence-corrected chi connectivity index (χ0v) is 10.5. The molecule has 19 heavy (non-hydrogen) atoms. The van der Waals surface area contributed by atoms with Gasteiger partial charge in [0.05, 0.1) is 11.9 Å². The minimum absolute atomic E-state index is 0.0163. The van der Waals surface area contributed by atoms with Crippen LogP contribution in [-0.4, -0.2) is 25.2 Å². The first-order valence-corrected chi connectivity index (χ1v) is 6.72. The fourth-order valence-electron chi connectivity index (χ4n) is 1.38. The molecule has 1 heterocycles. The molecule has 0 aliphatic rings. The van der Waals surface area contributed by atoms with Gasteiger partial charge in [-0.2, -0.15) is 10.4 Å². The number of H-pyrrole nitrogens is 1. The zero-order chi connectivity index (χ0) is 13.7. The summed E-state index contributed by atoms with van der Waals surface area (Å²) in [7, 11) is -3.72. The van der Waals surface area contributed by atoms with Crippen LogP contribution < -0.4 is 9.46 Å². The molecule has 0 atom stereocenters. The number of rotatable bonds is 5. The maximum Gasteiger partial charge on any atom is 0.265 e. The van der Waals surface area contributed by atoms with Crippen molar-refractivity contribution in [2.45, 2.75) is 4.90 Å². The highest BCUT2D eigenvalue weighted by Gasteiger charge is 2.17. The second-order valence-corrected chi connectivity index (χ2v) is 5.16. The lowest BCUT2D eigenvalue weighted by Crippen LogP contribution is -2.13. The molecular formula is C11H10N4O3S. The second kappa shape index (κ2) is 5.41. The molecule has 7 nitrogen and oxygen atoms in total. The third kappa shape index (κ3) is 3.02. The molecule has 0 saturated heterocycles. The Bertz CT molecular complexity index is 689. The van der Waals surface area contributed by atoms with Crippen LogP contribution in [0.1, 0.15) is 0 Å². The van der Waals surface area contributed by atoms with Crippen molar-refractivity contribution in [1.82, 2.24) is 10.2 Å². The molecule has 1 aromatic heterocycles. The molecule has 0 radical (unpaired) electrons. The molecule has 0 bridgehead atoms. The van der Waals surface area contributed by atoms with Crippen molar-refractivity contribution in [3.05, 3.63) is 36.7 Å². The molecule has 1 aromatic carbocycles. The Morgan fingerprint density at radius 3 is 2.89 bits per heavy atom. The predicted molar refractivity (Wildman–Crippen MR) is 66.9 cm³/mol. The lowest BCUT2D eigenvalue weighted by atomic mass is 10.3. The Balaban J connectivity index is 2.27. The van der Waals surface area contributed by atoms with E-state index in [4.69, 9.17) is 10.00 Å². The summed E-state index contributed by atoms with van der Waals surface area (Å²) < 4.78 is 31.5. The van der Waals surface area contributed by atoms with Crippen LogP contribution in [-0.2, 0) is 10.0 Å². The number of ether oxygens (including phenoxy) is 1. The number of nitrogens with one attached hydrogen (secondary N) is 2. The molecule has 0 saturated carbocycles. The molecular weight excluding hydrogens is 268 g/mol. The van der Waals surface area contributed by atoms with E-state index < -0.39 is 10.0 Å². The second-order valence-electron chi connectivity index (χ2n) is 3.48. The van der Waals surface area contributed by atoms with Gasteiger partial charge in [0.25, 0.3) is 10.0 Å². The molecule has 2 N–H and O–H groups in total. The number of nitriles is 1. The third-order valence-electron chi connectivity index (χ3n) is 2.21. The predicted octanol–water partition coefficient (Wildman–Crippen LogP) is 1.11. The summed E-state index contributed by atoms with van der Waals surface area (Å²) in [5.41, 5.74) is 0.263. The topological polar surface area (TPSA) is 108 Å². The molecule has 0 aliphatic heterocycles. The van der Waals surface area contributed by atoms with Crippen molar-refractivity contribution < 1.29 is 13.2 Å². The summed E-state index contributed by atoms with van der Waals surface area (Å²) in [6.07, 6.45) is 2.46. The summed E-state index contributed by atoms with van der Waals surface area (Å²) in [6, 6.07) is 8.28. The molecule has 98 valence electrons. The summed E-state index contributed by atoms with van der Waals surface area (Å²) in [4.78, 5) is 0.0163. The number of aromatic nitrogens is 2. The van der Waals surface area contributed by atoms with Gasteiger partial charge in [-0.25, -0.2) is 8.42 Å². The Labute approximate surface area is 109 Å². The number of para-hydroxylation sites is 2. The van der Waals surface area contributed by atoms with Crippen molar-refractivity contribution in [3.63, 3.8) is 0 Å². The van der Waals surface area contributed by atoms with Crippen LogP contribution in [0.4, 0.5) is 5.69 Å². The highest BCUT2D eigenvalue weighted by atomic mass is 32.2. The van der Waals surface area contributed by atoms with Crippen LogP contribution in [0.25, 0.3) is 0 Å². The van der Waals surface area contributed by atoms with Gasteiger partial charge < -0.3 is 4.74 Å². The highest BCUT2D eigenvalue weighted by molar-refractivity contribution is 7.92. The van der Waals surface area contributed by atoms with Gasteiger partial charge in [0.1, 0.15) is 16.7 Å². The summed E-state index contributed by atoms with van der Waals surface area (Å²) in [5, 5.41) is 14.5. The first-order valence-electron chi connectivity index (χ1n) is 5.24. The maximum atomic E-state index is 12.0. The molecule has 2 rings (SSSR count). The van der Waals surface area contributed by atoms with E-state index in [1.54, 1.807) is 24.3 Å². The average molecular weight is 278 g/mol. The molecule has 8 heteroatoms. The number of sulfonamides is 1. The molecule has 0 unspecified atom stereocenters. The first-order chi connectivity index (χ1) is 9.13. The van der Waals surface area contributed by atoms with Crippen LogP contribution in [0.5, 0.6) is 5.75 Å². The largest absolute Gasteiger partial charge is 0.477 e. The molecule has 0 aliphatic carbocycles. The van der Waals surface area contributed by atoms with Crippen molar-refractivity contribution in [3.8, 4) is 11.8 Å². The van der Waals surface area contributed by atoms with Gasteiger partial charge in [-0.3, -0.25) is 9.82 Å².